The van der Waals surface area contributed by atoms with Gasteiger partial charge in [0.1, 0.15) is 18.5 Å². The lowest BCUT2D eigenvalue weighted by Crippen LogP contribution is -2.40. The molecule has 1 N–H and O–H groups in total. The highest BCUT2D eigenvalue weighted by Gasteiger charge is 2.18. The summed E-state index contributed by atoms with van der Waals surface area (Å²) < 4.78 is 31.0. The van der Waals surface area contributed by atoms with Gasteiger partial charge in [0.15, 0.2) is 11.6 Å². The fraction of sp³-hybridized carbons (Fsp3) is 0.600. The maximum Gasteiger partial charge on any atom is 0.162 e. The molecule has 1 fully saturated rings. The molecular formula is C15H21F2NO2. The van der Waals surface area contributed by atoms with Crippen LogP contribution in [0.5, 0.6) is 5.75 Å². The lowest BCUT2D eigenvalue weighted by Gasteiger charge is -2.31. The van der Waals surface area contributed by atoms with Crippen molar-refractivity contribution in [1.82, 2.24) is 4.90 Å². The number of benzene rings is 1. The van der Waals surface area contributed by atoms with Crippen LogP contribution in [0.15, 0.2) is 18.2 Å². The van der Waals surface area contributed by atoms with Gasteiger partial charge >= 0.3 is 0 Å². The van der Waals surface area contributed by atoms with E-state index in [0.717, 1.165) is 44.0 Å². The number of aliphatic hydroxyl groups excluding tert-OH is 1. The molecule has 20 heavy (non-hydrogen) atoms. The van der Waals surface area contributed by atoms with E-state index in [4.69, 9.17) is 4.74 Å². The highest BCUT2D eigenvalue weighted by atomic mass is 19.2. The van der Waals surface area contributed by atoms with Crippen LogP contribution in [0.1, 0.15) is 19.8 Å². The molecule has 0 spiro atoms. The third-order valence-corrected chi connectivity index (χ3v) is 3.68. The van der Waals surface area contributed by atoms with E-state index in [0.29, 0.717) is 6.54 Å². The Hall–Kier alpha value is -1.20. The van der Waals surface area contributed by atoms with Crippen molar-refractivity contribution < 1.29 is 18.6 Å². The molecule has 0 bridgehead atoms. The molecule has 0 amide bonds. The van der Waals surface area contributed by atoms with Crippen LogP contribution in [0, 0.1) is 17.6 Å². The van der Waals surface area contributed by atoms with Crippen LogP contribution in [0.2, 0.25) is 0 Å². The number of hydrogen-bond donors (Lipinski definition) is 1. The number of rotatable bonds is 5. The van der Waals surface area contributed by atoms with Crippen LogP contribution >= 0.6 is 0 Å². The first-order valence-corrected chi connectivity index (χ1v) is 7.03. The first kappa shape index (κ1) is 15.2. The average molecular weight is 285 g/mol. The maximum atomic E-state index is 13.0. The van der Waals surface area contributed by atoms with Crippen molar-refractivity contribution in [3.63, 3.8) is 0 Å². The van der Waals surface area contributed by atoms with Gasteiger partial charge in [-0.3, -0.25) is 0 Å². The van der Waals surface area contributed by atoms with E-state index >= 15 is 0 Å². The van der Waals surface area contributed by atoms with Gasteiger partial charge in [0.05, 0.1) is 0 Å². The number of nitrogens with zero attached hydrogens (tertiary/aromatic N) is 1. The summed E-state index contributed by atoms with van der Waals surface area (Å²) in [4.78, 5) is 2.21. The smallest absolute Gasteiger partial charge is 0.162 e. The van der Waals surface area contributed by atoms with Gasteiger partial charge in [-0.25, -0.2) is 8.78 Å². The molecule has 1 aromatic carbocycles. The van der Waals surface area contributed by atoms with Crippen LogP contribution in [0.25, 0.3) is 0 Å². The molecular weight excluding hydrogens is 264 g/mol. The van der Waals surface area contributed by atoms with Gasteiger partial charge in [-0.1, -0.05) is 6.92 Å². The molecule has 1 unspecified atom stereocenters. The van der Waals surface area contributed by atoms with Crippen LogP contribution in [0.4, 0.5) is 8.78 Å². The van der Waals surface area contributed by atoms with Gasteiger partial charge < -0.3 is 14.7 Å². The molecule has 2 rings (SSSR count). The molecule has 0 radical (unpaired) electrons. The predicted octanol–water partition coefficient (Wildman–Crippen LogP) is 2.44. The first-order chi connectivity index (χ1) is 9.54. The van der Waals surface area contributed by atoms with Gasteiger partial charge in [0.2, 0.25) is 0 Å². The number of likely N-dealkylation sites (tertiary alicyclic amines) is 1. The van der Waals surface area contributed by atoms with Gasteiger partial charge in [0, 0.05) is 12.6 Å². The van der Waals surface area contributed by atoms with Gasteiger partial charge in [0.25, 0.3) is 0 Å². The number of hydrogen-bond acceptors (Lipinski definition) is 3. The van der Waals surface area contributed by atoms with Crippen LogP contribution in [-0.2, 0) is 0 Å². The average Bonchev–Trinajstić information content (AvgIpc) is 2.43. The summed E-state index contributed by atoms with van der Waals surface area (Å²) in [5.74, 6) is -0.862. The molecule has 1 aliphatic rings. The molecule has 1 atom stereocenters. The molecule has 1 aromatic rings. The van der Waals surface area contributed by atoms with Crippen molar-refractivity contribution in [2.75, 3.05) is 26.2 Å². The van der Waals surface area contributed by atoms with Crippen molar-refractivity contribution in [2.24, 2.45) is 5.92 Å². The predicted molar refractivity (Wildman–Crippen MR) is 72.7 cm³/mol. The number of halogens is 2. The Labute approximate surface area is 118 Å². The van der Waals surface area contributed by atoms with E-state index in [1.807, 2.05) is 0 Å². The topological polar surface area (TPSA) is 32.7 Å². The third kappa shape index (κ3) is 4.42. The minimum atomic E-state index is -0.943. The normalized spacial score (nSPS) is 19.0. The maximum absolute atomic E-state index is 13.0. The van der Waals surface area contributed by atoms with E-state index in [2.05, 4.69) is 11.8 Å². The van der Waals surface area contributed by atoms with E-state index in [-0.39, 0.29) is 12.4 Å². The van der Waals surface area contributed by atoms with Gasteiger partial charge in [-0.15, -0.1) is 0 Å². The largest absolute Gasteiger partial charge is 0.491 e. The van der Waals surface area contributed by atoms with Crippen LogP contribution in [-0.4, -0.2) is 42.4 Å². The molecule has 1 saturated heterocycles. The monoisotopic (exact) mass is 285 g/mol. The second kappa shape index (κ2) is 6.99. The van der Waals surface area contributed by atoms with Crippen LogP contribution < -0.4 is 4.74 Å². The quantitative estimate of drug-likeness (QED) is 0.902. The lowest BCUT2D eigenvalue weighted by atomic mass is 9.99. The molecule has 112 valence electrons. The molecule has 3 nitrogen and oxygen atoms in total. The summed E-state index contributed by atoms with van der Waals surface area (Å²) in [6.07, 6.45) is 1.67. The van der Waals surface area contributed by atoms with Crippen LogP contribution in [0.3, 0.4) is 0 Å². The second-order valence-electron chi connectivity index (χ2n) is 5.52. The summed E-state index contributed by atoms with van der Waals surface area (Å²) in [5, 5.41) is 9.92. The zero-order chi connectivity index (χ0) is 14.5. The van der Waals surface area contributed by atoms with Crippen molar-refractivity contribution in [1.29, 1.82) is 0 Å². The molecule has 5 heteroatoms. The summed E-state index contributed by atoms with van der Waals surface area (Å²) >= 11 is 0. The zero-order valence-electron chi connectivity index (χ0n) is 11.7. The van der Waals surface area contributed by atoms with Crippen molar-refractivity contribution in [2.45, 2.75) is 25.9 Å². The van der Waals surface area contributed by atoms with E-state index in [1.54, 1.807) is 0 Å². The van der Waals surface area contributed by atoms with Gasteiger partial charge in [-0.05, 0) is 44.0 Å². The molecule has 1 heterocycles. The summed E-state index contributed by atoms with van der Waals surface area (Å²) in [6.45, 7) is 4.85. The standard InChI is InChI=1S/C15H21F2NO2/c1-11-4-6-18(7-5-11)9-12(19)10-20-13-2-3-14(16)15(17)8-13/h2-3,8,11-12,19H,4-7,9-10H2,1H3. The van der Waals surface area contributed by atoms with Gasteiger partial charge in [-0.2, -0.15) is 0 Å². The summed E-state index contributed by atoms with van der Waals surface area (Å²) in [7, 11) is 0. The Morgan fingerprint density at radius 1 is 1.30 bits per heavy atom. The Balaban J connectivity index is 1.74. The number of piperidine rings is 1. The minimum Gasteiger partial charge on any atom is -0.491 e. The third-order valence-electron chi connectivity index (χ3n) is 3.68. The highest BCUT2D eigenvalue weighted by Crippen LogP contribution is 2.17. The van der Waals surface area contributed by atoms with E-state index in [1.165, 1.54) is 6.07 Å². The molecule has 1 aliphatic heterocycles. The molecule has 0 saturated carbocycles. The molecule has 0 aliphatic carbocycles. The van der Waals surface area contributed by atoms with Crippen molar-refractivity contribution in [3.05, 3.63) is 29.8 Å². The van der Waals surface area contributed by atoms with E-state index < -0.39 is 17.7 Å². The Morgan fingerprint density at radius 2 is 2.00 bits per heavy atom. The Kier molecular flexibility index (Phi) is 5.31. The lowest BCUT2D eigenvalue weighted by molar-refractivity contribution is 0.0562. The number of aliphatic hydroxyl groups is 1. The Bertz CT molecular complexity index is 434. The second-order valence-corrected chi connectivity index (χ2v) is 5.52. The summed E-state index contributed by atoms with van der Waals surface area (Å²) in [6, 6.07) is 3.36. The number of β-amino-alcohol motifs (C(OH)–C–C–N with tert-alkyl or cyclic N) is 1. The number of ether oxygens (including phenoxy) is 1. The Morgan fingerprint density at radius 3 is 2.65 bits per heavy atom. The fourth-order valence-electron chi connectivity index (χ4n) is 2.35. The van der Waals surface area contributed by atoms with Crippen molar-refractivity contribution >= 4 is 0 Å². The zero-order valence-corrected chi connectivity index (χ0v) is 11.7. The highest BCUT2D eigenvalue weighted by molar-refractivity contribution is 5.23. The minimum absolute atomic E-state index is 0.0805. The first-order valence-electron chi connectivity index (χ1n) is 7.03. The SMILES string of the molecule is CC1CCN(CC(O)COc2ccc(F)c(F)c2)CC1. The fourth-order valence-corrected chi connectivity index (χ4v) is 2.35. The molecule has 0 aromatic heterocycles. The summed E-state index contributed by atoms with van der Waals surface area (Å²) in [5.41, 5.74) is 0. The van der Waals surface area contributed by atoms with E-state index in [9.17, 15) is 13.9 Å². The van der Waals surface area contributed by atoms with Crippen molar-refractivity contribution in [3.8, 4) is 5.75 Å².